The SMILES string of the molecule is O=C(CCl)c1ccc2cccccc1-2. The predicted molar refractivity (Wildman–Crippen MR) is 58.1 cm³/mol. The van der Waals surface area contributed by atoms with Gasteiger partial charge in [0.05, 0.1) is 5.88 Å². The van der Waals surface area contributed by atoms with E-state index >= 15 is 0 Å². The van der Waals surface area contributed by atoms with Gasteiger partial charge in [-0.1, -0.05) is 42.5 Å². The van der Waals surface area contributed by atoms with Crippen LogP contribution < -0.4 is 0 Å². The minimum atomic E-state index is -0.0205. The molecule has 2 rings (SSSR count). The third kappa shape index (κ3) is 1.51. The normalized spacial score (nSPS) is 10.4. The van der Waals surface area contributed by atoms with E-state index in [0.29, 0.717) is 5.56 Å². The minimum absolute atomic E-state index is 0.0205. The number of fused-ring (bicyclic) bond motifs is 1. The Balaban J connectivity index is 2.58. The van der Waals surface area contributed by atoms with E-state index in [1.165, 1.54) is 0 Å². The zero-order chi connectivity index (χ0) is 9.97. The number of halogens is 1. The molecule has 0 radical (unpaired) electrons. The highest BCUT2D eigenvalue weighted by molar-refractivity contribution is 6.31. The average molecular weight is 205 g/mol. The van der Waals surface area contributed by atoms with Gasteiger partial charge in [-0.15, -0.1) is 11.6 Å². The van der Waals surface area contributed by atoms with Crippen LogP contribution in [0.15, 0.2) is 42.5 Å². The molecule has 0 bridgehead atoms. The topological polar surface area (TPSA) is 17.1 Å². The fraction of sp³-hybridized carbons (Fsp3) is 0.0833. The second kappa shape index (κ2) is 3.81. The van der Waals surface area contributed by atoms with Crippen molar-refractivity contribution in [3.63, 3.8) is 0 Å². The molecule has 0 aromatic heterocycles. The summed E-state index contributed by atoms with van der Waals surface area (Å²) in [6.45, 7) is 0. The van der Waals surface area contributed by atoms with Gasteiger partial charge in [-0.05, 0) is 11.1 Å². The highest BCUT2D eigenvalue weighted by Crippen LogP contribution is 2.27. The van der Waals surface area contributed by atoms with E-state index in [1.54, 1.807) is 0 Å². The highest BCUT2D eigenvalue weighted by Gasteiger charge is 2.12. The molecule has 0 fully saturated rings. The van der Waals surface area contributed by atoms with E-state index in [2.05, 4.69) is 0 Å². The van der Waals surface area contributed by atoms with Crippen LogP contribution in [0.3, 0.4) is 0 Å². The molecule has 2 aliphatic carbocycles. The van der Waals surface area contributed by atoms with Crippen molar-refractivity contribution in [1.29, 1.82) is 0 Å². The molecule has 0 saturated carbocycles. The van der Waals surface area contributed by atoms with E-state index in [4.69, 9.17) is 11.6 Å². The number of Topliss-reactive ketones (excluding diaryl/α,β-unsaturated/α-hetero) is 1. The molecule has 0 saturated heterocycles. The molecule has 0 spiro atoms. The number of alkyl halides is 1. The molecular formula is C12H9ClO. The minimum Gasteiger partial charge on any atom is -0.293 e. The molecule has 0 atom stereocenters. The summed E-state index contributed by atoms with van der Waals surface area (Å²) >= 11 is 5.53. The molecule has 0 aromatic carbocycles. The van der Waals surface area contributed by atoms with Gasteiger partial charge in [-0.3, -0.25) is 4.79 Å². The average Bonchev–Trinajstić information content (AvgIpc) is 2.46. The van der Waals surface area contributed by atoms with Gasteiger partial charge >= 0.3 is 0 Å². The summed E-state index contributed by atoms with van der Waals surface area (Å²) in [4.78, 5) is 11.5. The van der Waals surface area contributed by atoms with Crippen molar-refractivity contribution in [2.45, 2.75) is 0 Å². The van der Waals surface area contributed by atoms with Crippen LogP contribution in [-0.4, -0.2) is 11.7 Å². The Kier molecular flexibility index (Phi) is 2.51. The largest absolute Gasteiger partial charge is 0.293 e. The van der Waals surface area contributed by atoms with Gasteiger partial charge in [0.15, 0.2) is 5.78 Å². The van der Waals surface area contributed by atoms with Crippen LogP contribution in [-0.2, 0) is 0 Å². The second-order valence-electron chi connectivity index (χ2n) is 3.08. The summed E-state index contributed by atoms with van der Waals surface area (Å²) in [6.07, 6.45) is 0. The molecule has 0 aromatic rings. The van der Waals surface area contributed by atoms with Crippen molar-refractivity contribution in [3.8, 4) is 11.1 Å². The van der Waals surface area contributed by atoms with Crippen LogP contribution in [0.1, 0.15) is 10.4 Å². The lowest BCUT2D eigenvalue weighted by molar-refractivity contribution is 0.102. The quantitative estimate of drug-likeness (QED) is 0.542. The number of hydrogen-bond acceptors (Lipinski definition) is 1. The molecule has 70 valence electrons. The fourth-order valence-corrected chi connectivity index (χ4v) is 1.67. The van der Waals surface area contributed by atoms with E-state index in [1.807, 2.05) is 42.5 Å². The molecule has 0 unspecified atom stereocenters. The maximum atomic E-state index is 11.5. The third-order valence-corrected chi connectivity index (χ3v) is 2.46. The third-order valence-electron chi connectivity index (χ3n) is 2.21. The van der Waals surface area contributed by atoms with Gasteiger partial charge in [-0.2, -0.15) is 0 Å². The maximum absolute atomic E-state index is 11.5. The Hall–Kier alpha value is -1.34. The van der Waals surface area contributed by atoms with Crippen molar-refractivity contribution in [2.24, 2.45) is 0 Å². The van der Waals surface area contributed by atoms with Gasteiger partial charge in [0.1, 0.15) is 0 Å². The Morgan fingerprint density at radius 2 is 1.86 bits per heavy atom. The van der Waals surface area contributed by atoms with Crippen molar-refractivity contribution >= 4 is 17.4 Å². The first-order chi connectivity index (χ1) is 6.83. The molecule has 0 heterocycles. The lowest BCUT2D eigenvalue weighted by atomic mass is 10.1. The summed E-state index contributed by atoms with van der Waals surface area (Å²) in [6, 6.07) is 13.5. The Morgan fingerprint density at radius 1 is 1.07 bits per heavy atom. The van der Waals surface area contributed by atoms with Gasteiger partial charge in [-0.25, -0.2) is 0 Å². The van der Waals surface area contributed by atoms with E-state index in [0.717, 1.165) is 11.1 Å². The maximum Gasteiger partial charge on any atom is 0.178 e. The number of rotatable bonds is 2. The zero-order valence-corrected chi connectivity index (χ0v) is 8.29. The van der Waals surface area contributed by atoms with E-state index in [-0.39, 0.29) is 11.7 Å². The van der Waals surface area contributed by atoms with Crippen LogP contribution >= 0.6 is 11.6 Å². The van der Waals surface area contributed by atoms with E-state index < -0.39 is 0 Å². The molecule has 2 heteroatoms. The second-order valence-corrected chi connectivity index (χ2v) is 3.35. The molecular weight excluding hydrogens is 196 g/mol. The number of carbonyl (C=O) groups is 1. The van der Waals surface area contributed by atoms with Gasteiger partial charge in [0.25, 0.3) is 0 Å². The first-order valence-electron chi connectivity index (χ1n) is 4.40. The van der Waals surface area contributed by atoms with Gasteiger partial charge in [0, 0.05) is 5.56 Å². The summed E-state index contributed by atoms with van der Waals surface area (Å²) < 4.78 is 0. The van der Waals surface area contributed by atoms with Crippen molar-refractivity contribution < 1.29 is 4.79 Å². The van der Waals surface area contributed by atoms with Crippen LogP contribution in [0, 0.1) is 0 Å². The molecule has 0 aliphatic heterocycles. The number of hydrogen-bond donors (Lipinski definition) is 0. The highest BCUT2D eigenvalue weighted by atomic mass is 35.5. The van der Waals surface area contributed by atoms with Gasteiger partial charge in [0.2, 0.25) is 0 Å². The number of carbonyl (C=O) groups excluding carboxylic acids is 1. The lowest BCUT2D eigenvalue weighted by Gasteiger charge is -1.96. The number of ketones is 1. The van der Waals surface area contributed by atoms with E-state index in [9.17, 15) is 4.79 Å². The summed E-state index contributed by atoms with van der Waals surface area (Å²) in [5, 5.41) is 0. The monoisotopic (exact) mass is 204 g/mol. The Bertz CT molecular complexity index is 436. The van der Waals surface area contributed by atoms with Crippen molar-refractivity contribution in [3.05, 3.63) is 48.0 Å². The molecule has 0 amide bonds. The zero-order valence-electron chi connectivity index (χ0n) is 7.53. The molecule has 2 aliphatic rings. The fourth-order valence-electron chi connectivity index (χ4n) is 1.53. The summed E-state index contributed by atoms with van der Waals surface area (Å²) in [7, 11) is 0. The van der Waals surface area contributed by atoms with Crippen LogP contribution in [0.5, 0.6) is 0 Å². The van der Waals surface area contributed by atoms with Gasteiger partial charge < -0.3 is 0 Å². The van der Waals surface area contributed by atoms with Crippen molar-refractivity contribution in [2.75, 3.05) is 5.88 Å². The summed E-state index contributed by atoms with van der Waals surface area (Å²) in [5.41, 5.74) is 2.76. The first kappa shape index (κ1) is 9.22. The standard InChI is InChI=1S/C12H9ClO/c13-8-12(14)11-7-6-9-4-2-1-3-5-10(9)11/h1-7H,8H2. The first-order valence-corrected chi connectivity index (χ1v) is 4.93. The van der Waals surface area contributed by atoms with Crippen LogP contribution in [0.2, 0.25) is 0 Å². The lowest BCUT2D eigenvalue weighted by Crippen LogP contribution is -1.98. The molecule has 0 N–H and O–H groups in total. The smallest absolute Gasteiger partial charge is 0.178 e. The van der Waals surface area contributed by atoms with Crippen LogP contribution in [0.4, 0.5) is 0 Å². The Labute approximate surface area is 87.7 Å². The van der Waals surface area contributed by atoms with Crippen LogP contribution in [0.25, 0.3) is 11.1 Å². The predicted octanol–water partition coefficient (Wildman–Crippen LogP) is 3.21. The Morgan fingerprint density at radius 3 is 2.64 bits per heavy atom. The molecule has 1 nitrogen and oxygen atoms in total. The summed E-state index contributed by atoms with van der Waals surface area (Å²) in [5.74, 6) is 0.0189. The van der Waals surface area contributed by atoms with Crippen molar-refractivity contribution in [1.82, 2.24) is 0 Å². The molecule has 14 heavy (non-hydrogen) atoms.